The van der Waals surface area contributed by atoms with E-state index in [0.29, 0.717) is 4.31 Å². The Morgan fingerprint density at radius 2 is 1.61 bits per heavy atom. The highest BCUT2D eigenvalue weighted by molar-refractivity contribution is 7.94. The van der Waals surface area contributed by atoms with Crippen LogP contribution in [-0.2, 0) is 19.6 Å². The summed E-state index contributed by atoms with van der Waals surface area (Å²) in [7, 11) is -3.80. The minimum absolute atomic E-state index is 0.568. The molecule has 18 heavy (non-hydrogen) atoms. The summed E-state index contributed by atoms with van der Waals surface area (Å²) in [5, 5.41) is 9.20. The maximum atomic E-state index is 12.1. The predicted molar refractivity (Wildman–Crippen MR) is 65.3 cm³/mol. The van der Waals surface area contributed by atoms with Gasteiger partial charge in [0.1, 0.15) is 0 Å². The molecule has 1 heterocycles. The second-order valence-corrected chi connectivity index (χ2v) is 8.41. The highest BCUT2D eigenvalue weighted by Crippen LogP contribution is 2.47. The van der Waals surface area contributed by atoms with E-state index in [0.717, 1.165) is 0 Å². The summed E-state index contributed by atoms with van der Waals surface area (Å²) in [6, 6.07) is 0. The fourth-order valence-corrected chi connectivity index (χ4v) is 3.63. The van der Waals surface area contributed by atoms with Crippen LogP contribution in [0.25, 0.3) is 0 Å². The molecule has 104 valence electrons. The van der Waals surface area contributed by atoms with Crippen molar-refractivity contribution < 1.29 is 23.1 Å². The van der Waals surface area contributed by atoms with Gasteiger partial charge in [0.05, 0.1) is 11.0 Å². The number of sulfonamides is 1. The molecule has 0 bridgehead atoms. The zero-order valence-corrected chi connectivity index (χ0v) is 12.3. The third kappa shape index (κ3) is 1.43. The molecule has 0 aromatic rings. The Kier molecular flexibility index (Phi) is 2.88. The second kappa shape index (κ2) is 3.46. The molecular weight excluding hydrogens is 258 g/mol. The van der Waals surface area contributed by atoms with Crippen molar-refractivity contribution in [1.82, 2.24) is 4.31 Å². The van der Waals surface area contributed by atoms with Gasteiger partial charge in [-0.15, -0.1) is 0 Å². The Bertz CT molecular complexity index is 516. The molecule has 6 nitrogen and oxygen atoms in total. The first-order valence-electron chi connectivity index (χ1n) is 5.55. The Labute approximate surface area is 107 Å². The molecule has 0 aromatic heterocycles. The van der Waals surface area contributed by atoms with Crippen LogP contribution in [0.3, 0.4) is 0 Å². The first-order chi connectivity index (χ1) is 7.72. The van der Waals surface area contributed by atoms with Crippen LogP contribution in [0.1, 0.15) is 41.5 Å². The zero-order chi connectivity index (χ0) is 14.7. The number of aliphatic carboxylic acids is 1. The van der Waals surface area contributed by atoms with Crippen LogP contribution in [-0.4, -0.2) is 40.0 Å². The minimum atomic E-state index is -3.80. The van der Waals surface area contributed by atoms with Gasteiger partial charge in [-0.1, -0.05) is 0 Å². The molecule has 1 aliphatic rings. The standard InChI is InChI=1S/C11H19NO5S/c1-9(2,8(14)15)11(5,6)12-7(13)10(3,4)18(12,16)17/h1-6H3,(H,14,15). The maximum absolute atomic E-state index is 12.1. The van der Waals surface area contributed by atoms with E-state index in [4.69, 9.17) is 0 Å². The van der Waals surface area contributed by atoms with Crippen molar-refractivity contribution in [2.45, 2.75) is 51.8 Å². The van der Waals surface area contributed by atoms with Crippen LogP contribution in [0.5, 0.6) is 0 Å². The van der Waals surface area contributed by atoms with E-state index in [1.54, 1.807) is 0 Å². The quantitative estimate of drug-likeness (QED) is 0.824. The van der Waals surface area contributed by atoms with Crippen molar-refractivity contribution in [3.8, 4) is 0 Å². The molecule has 1 amide bonds. The van der Waals surface area contributed by atoms with E-state index in [9.17, 15) is 23.1 Å². The molecule has 7 heteroatoms. The third-order valence-electron chi connectivity index (χ3n) is 4.16. The van der Waals surface area contributed by atoms with Gasteiger partial charge in [-0.3, -0.25) is 9.59 Å². The molecule has 1 N–H and O–H groups in total. The molecule has 0 atom stereocenters. The summed E-state index contributed by atoms with van der Waals surface area (Å²) in [5.41, 5.74) is -2.71. The molecule has 0 spiro atoms. The molecular formula is C11H19NO5S. The lowest BCUT2D eigenvalue weighted by Gasteiger charge is -2.55. The van der Waals surface area contributed by atoms with Crippen molar-refractivity contribution in [3.63, 3.8) is 0 Å². The van der Waals surface area contributed by atoms with Crippen molar-refractivity contribution in [1.29, 1.82) is 0 Å². The van der Waals surface area contributed by atoms with Crippen molar-refractivity contribution >= 4 is 21.9 Å². The third-order valence-corrected chi connectivity index (χ3v) is 6.72. The first kappa shape index (κ1) is 14.9. The van der Waals surface area contributed by atoms with Crippen LogP contribution in [0.15, 0.2) is 0 Å². The van der Waals surface area contributed by atoms with Crippen LogP contribution in [0.4, 0.5) is 0 Å². The summed E-state index contributed by atoms with van der Waals surface area (Å²) in [5.74, 6) is -1.72. The number of carboxylic acid groups (broad SMARTS) is 1. The number of hydrogen-bond donors (Lipinski definition) is 1. The van der Waals surface area contributed by atoms with Gasteiger partial charge in [0, 0.05) is 0 Å². The van der Waals surface area contributed by atoms with E-state index in [1.165, 1.54) is 41.5 Å². The molecule has 1 saturated heterocycles. The average molecular weight is 277 g/mol. The lowest BCUT2D eigenvalue weighted by Crippen LogP contribution is -2.76. The second-order valence-electron chi connectivity index (χ2n) is 6.07. The van der Waals surface area contributed by atoms with Crippen LogP contribution >= 0.6 is 0 Å². The lowest BCUT2D eigenvalue weighted by molar-refractivity contribution is -0.157. The van der Waals surface area contributed by atoms with E-state index in [-0.39, 0.29) is 0 Å². The van der Waals surface area contributed by atoms with Crippen LogP contribution < -0.4 is 0 Å². The van der Waals surface area contributed by atoms with Crippen molar-refractivity contribution in [2.75, 3.05) is 0 Å². The van der Waals surface area contributed by atoms with E-state index in [2.05, 4.69) is 0 Å². The smallest absolute Gasteiger partial charge is 0.311 e. The van der Waals surface area contributed by atoms with Gasteiger partial charge in [0.25, 0.3) is 15.9 Å². The van der Waals surface area contributed by atoms with Gasteiger partial charge in [0.2, 0.25) is 0 Å². The Balaban J connectivity index is 3.35. The topological polar surface area (TPSA) is 91.8 Å². The molecule has 0 unspecified atom stereocenters. The first-order valence-corrected chi connectivity index (χ1v) is 6.99. The monoisotopic (exact) mass is 277 g/mol. The lowest BCUT2D eigenvalue weighted by atomic mass is 9.74. The molecule has 1 fully saturated rings. The molecule has 1 rings (SSSR count). The van der Waals surface area contributed by atoms with E-state index < -0.39 is 37.6 Å². The number of amides is 1. The molecule has 0 aliphatic carbocycles. The Morgan fingerprint density at radius 3 is 1.89 bits per heavy atom. The van der Waals surface area contributed by atoms with Gasteiger partial charge in [-0.05, 0) is 41.5 Å². The van der Waals surface area contributed by atoms with Crippen LogP contribution in [0, 0.1) is 5.41 Å². The largest absolute Gasteiger partial charge is 0.481 e. The van der Waals surface area contributed by atoms with Gasteiger partial charge >= 0.3 is 5.97 Å². The summed E-state index contributed by atoms with van der Waals surface area (Å²) in [6.07, 6.45) is 0. The highest BCUT2D eigenvalue weighted by atomic mass is 32.2. The summed E-state index contributed by atoms with van der Waals surface area (Å²) in [6.45, 7) is 8.36. The number of carbonyl (C=O) groups excluding carboxylic acids is 1. The minimum Gasteiger partial charge on any atom is -0.481 e. The number of nitrogens with zero attached hydrogens (tertiary/aromatic N) is 1. The molecule has 0 saturated carbocycles. The van der Waals surface area contributed by atoms with Gasteiger partial charge in [-0.2, -0.15) is 0 Å². The molecule has 0 radical (unpaired) electrons. The van der Waals surface area contributed by atoms with E-state index >= 15 is 0 Å². The fraction of sp³-hybridized carbons (Fsp3) is 0.818. The van der Waals surface area contributed by atoms with Crippen molar-refractivity contribution in [2.24, 2.45) is 5.41 Å². The maximum Gasteiger partial charge on any atom is 0.311 e. The normalized spacial score (nSPS) is 22.6. The van der Waals surface area contributed by atoms with E-state index in [1.807, 2.05) is 0 Å². The molecule has 0 aromatic carbocycles. The highest BCUT2D eigenvalue weighted by Gasteiger charge is 2.67. The van der Waals surface area contributed by atoms with Gasteiger partial charge < -0.3 is 5.11 Å². The summed E-state index contributed by atoms with van der Waals surface area (Å²) in [4.78, 5) is 23.2. The number of carbonyl (C=O) groups is 2. The van der Waals surface area contributed by atoms with Crippen LogP contribution in [0.2, 0.25) is 0 Å². The summed E-state index contributed by atoms with van der Waals surface area (Å²) < 4.78 is 23.4. The van der Waals surface area contributed by atoms with Gasteiger partial charge in [-0.25, -0.2) is 12.7 Å². The SMILES string of the molecule is CC(C)(C(=O)O)C(C)(C)N1C(=O)C(C)(C)S1(=O)=O. The number of carboxylic acids is 1. The fourth-order valence-electron chi connectivity index (χ4n) is 1.72. The average Bonchev–Trinajstić information content (AvgIpc) is 2.15. The Hall–Kier alpha value is -1.11. The van der Waals surface area contributed by atoms with Crippen molar-refractivity contribution in [3.05, 3.63) is 0 Å². The zero-order valence-electron chi connectivity index (χ0n) is 11.4. The predicted octanol–water partition coefficient (Wildman–Crippen LogP) is 0.826. The summed E-state index contributed by atoms with van der Waals surface area (Å²) >= 11 is 0. The number of hydrogen-bond acceptors (Lipinski definition) is 4. The molecule has 1 aliphatic heterocycles. The van der Waals surface area contributed by atoms with Gasteiger partial charge in [0.15, 0.2) is 4.75 Å². The Morgan fingerprint density at radius 1 is 1.22 bits per heavy atom. The number of rotatable bonds is 3.